The summed E-state index contributed by atoms with van der Waals surface area (Å²) in [6.07, 6.45) is 1.63. The average molecular weight is 267 g/mol. The van der Waals surface area contributed by atoms with E-state index >= 15 is 0 Å². The zero-order valence-corrected chi connectivity index (χ0v) is 11.8. The highest BCUT2D eigenvalue weighted by atomic mass is 16.5. The van der Waals surface area contributed by atoms with Crippen LogP contribution in [0.4, 0.5) is 5.69 Å². The van der Waals surface area contributed by atoms with Gasteiger partial charge in [0.05, 0.1) is 25.6 Å². The third kappa shape index (κ3) is 4.75. The Balaban J connectivity index is 2.62. The first-order chi connectivity index (χ1) is 9.08. The average Bonchev–Trinajstić information content (AvgIpc) is 2.39. The van der Waals surface area contributed by atoms with E-state index in [4.69, 9.17) is 9.47 Å². The van der Waals surface area contributed by atoms with Crippen molar-refractivity contribution in [2.24, 2.45) is 0 Å². The standard InChI is InChI=1S/C13H21N3O3/c1-9-7-11(12(19-4)8-15-9)16-10(2)13(17)14-5-6-18-3/h7-8,10H,5-6H2,1-4H3,(H,14,17)(H,15,16). The lowest BCUT2D eigenvalue weighted by Crippen LogP contribution is -2.39. The van der Waals surface area contributed by atoms with E-state index < -0.39 is 0 Å². The minimum atomic E-state index is -0.368. The number of nitrogens with zero attached hydrogens (tertiary/aromatic N) is 1. The SMILES string of the molecule is COCCNC(=O)C(C)Nc1cc(C)ncc1OC. The van der Waals surface area contributed by atoms with Gasteiger partial charge < -0.3 is 20.1 Å². The van der Waals surface area contributed by atoms with Crippen LogP contribution in [0.25, 0.3) is 0 Å². The first kappa shape index (κ1) is 15.2. The number of pyridine rings is 1. The van der Waals surface area contributed by atoms with E-state index in [1.807, 2.05) is 13.0 Å². The summed E-state index contributed by atoms with van der Waals surface area (Å²) in [6.45, 7) is 4.66. The summed E-state index contributed by atoms with van der Waals surface area (Å²) in [5, 5.41) is 5.88. The van der Waals surface area contributed by atoms with Crippen LogP contribution in [0.3, 0.4) is 0 Å². The molecule has 2 N–H and O–H groups in total. The molecule has 0 bridgehead atoms. The normalized spacial score (nSPS) is 11.8. The number of aromatic nitrogens is 1. The molecule has 0 saturated carbocycles. The van der Waals surface area contributed by atoms with Gasteiger partial charge in [-0.2, -0.15) is 0 Å². The van der Waals surface area contributed by atoms with E-state index in [1.54, 1.807) is 27.3 Å². The number of methoxy groups -OCH3 is 2. The van der Waals surface area contributed by atoms with Crippen molar-refractivity contribution >= 4 is 11.6 Å². The molecule has 0 aliphatic heterocycles. The van der Waals surface area contributed by atoms with E-state index in [2.05, 4.69) is 15.6 Å². The number of rotatable bonds is 7. The smallest absolute Gasteiger partial charge is 0.242 e. The van der Waals surface area contributed by atoms with Crippen LogP contribution in [0.1, 0.15) is 12.6 Å². The van der Waals surface area contributed by atoms with Gasteiger partial charge in [-0.1, -0.05) is 0 Å². The van der Waals surface area contributed by atoms with Crippen LogP contribution in [-0.2, 0) is 9.53 Å². The Morgan fingerprint density at radius 3 is 2.84 bits per heavy atom. The Kier molecular flexibility index (Phi) is 6.08. The second-order valence-corrected chi connectivity index (χ2v) is 4.18. The predicted octanol–water partition coefficient (Wildman–Crippen LogP) is 0.962. The second-order valence-electron chi connectivity index (χ2n) is 4.18. The summed E-state index contributed by atoms with van der Waals surface area (Å²) < 4.78 is 10.1. The number of hydrogen-bond acceptors (Lipinski definition) is 5. The third-order valence-corrected chi connectivity index (χ3v) is 2.59. The van der Waals surface area contributed by atoms with Crippen molar-refractivity contribution in [3.63, 3.8) is 0 Å². The Hall–Kier alpha value is -1.82. The Bertz CT molecular complexity index is 424. The molecule has 1 aromatic heterocycles. The summed E-state index contributed by atoms with van der Waals surface area (Å²) >= 11 is 0. The molecule has 0 aliphatic rings. The summed E-state index contributed by atoms with van der Waals surface area (Å²) in [4.78, 5) is 16.0. The number of ether oxygens (including phenoxy) is 2. The van der Waals surface area contributed by atoms with Crippen molar-refractivity contribution in [2.45, 2.75) is 19.9 Å². The fourth-order valence-corrected chi connectivity index (χ4v) is 1.55. The summed E-state index contributed by atoms with van der Waals surface area (Å²) in [5.74, 6) is 0.524. The van der Waals surface area contributed by atoms with Crippen LogP contribution in [-0.4, -0.2) is 44.3 Å². The zero-order chi connectivity index (χ0) is 14.3. The fourth-order valence-electron chi connectivity index (χ4n) is 1.55. The molecule has 6 nitrogen and oxygen atoms in total. The molecule has 6 heteroatoms. The maximum absolute atomic E-state index is 11.8. The Labute approximate surface area is 113 Å². The molecule has 106 valence electrons. The Morgan fingerprint density at radius 2 is 2.21 bits per heavy atom. The van der Waals surface area contributed by atoms with Gasteiger partial charge in [0.1, 0.15) is 6.04 Å². The van der Waals surface area contributed by atoms with Gasteiger partial charge >= 0.3 is 0 Å². The number of carbonyl (C=O) groups excluding carboxylic acids is 1. The van der Waals surface area contributed by atoms with Gasteiger partial charge in [-0.05, 0) is 19.9 Å². The van der Waals surface area contributed by atoms with Crippen LogP contribution in [0, 0.1) is 6.92 Å². The first-order valence-electron chi connectivity index (χ1n) is 6.12. The number of anilines is 1. The van der Waals surface area contributed by atoms with Crippen LogP contribution < -0.4 is 15.4 Å². The van der Waals surface area contributed by atoms with Crippen molar-refractivity contribution in [3.8, 4) is 5.75 Å². The van der Waals surface area contributed by atoms with Gasteiger partial charge in [-0.15, -0.1) is 0 Å². The van der Waals surface area contributed by atoms with Crippen LogP contribution in [0.5, 0.6) is 5.75 Å². The van der Waals surface area contributed by atoms with Crippen molar-refractivity contribution in [1.82, 2.24) is 10.3 Å². The molecule has 0 radical (unpaired) electrons. The number of aryl methyl sites for hydroxylation is 1. The van der Waals surface area contributed by atoms with Crippen molar-refractivity contribution in [2.75, 3.05) is 32.7 Å². The number of hydrogen-bond donors (Lipinski definition) is 2. The minimum Gasteiger partial charge on any atom is -0.493 e. The van der Waals surface area contributed by atoms with E-state index in [0.717, 1.165) is 11.4 Å². The topological polar surface area (TPSA) is 72.5 Å². The van der Waals surface area contributed by atoms with Gasteiger partial charge in [0, 0.05) is 19.3 Å². The molecule has 1 rings (SSSR count). The number of amides is 1. The second kappa shape index (κ2) is 7.58. The quantitative estimate of drug-likeness (QED) is 0.720. The molecule has 19 heavy (non-hydrogen) atoms. The molecule has 1 amide bonds. The maximum Gasteiger partial charge on any atom is 0.242 e. The Morgan fingerprint density at radius 1 is 1.47 bits per heavy atom. The lowest BCUT2D eigenvalue weighted by atomic mass is 10.2. The molecule has 0 fully saturated rings. The molecule has 0 spiro atoms. The van der Waals surface area contributed by atoms with E-state index in [1.165, 1.54) is 0 Å². The van der Waals surface area contributed by atoms with Crippen molar-refractivity contribution in [1.29, 1.82) is 0 Å². The minimum absolute atomic E-state index is 0.0893. The van der Waals surface area contributed by atoms with Crippen molar-refractivity contribution in [3.05, 3.63) is 18.0 Å². The monoisotopic (exact) mass is 267 g/mol. The first-order valence-corrected chi connectivity index (χ1v) is 6.12. The largest absolute Gasteiger partial charge is 0.493 e. The molecular formula is C13H21N3O3. The van der Waals surface area contributed by atoms with Crippen molar-refractivity contribution < 1.29 is 14.3 Å². The number of nitrogens with one attached hydrogen (secondary N) is 2. The van der Waals surface area contributed by atoms with E-state index in [0.29, 0.717) is 18.9 Å². The summed E-state index contributed by atoms with van der Waals surface area (Å²) in [5.41, 5.74) is 1.61. The highest BCUT2D eigenvalue weighted by Crippen LogP contribution is 2.24. The van der Waals surface area contributed by atoms with Crippen LogP contribution in [0.2, 0.25) is 0 Å². The number of carbonyl (C=O) groups is 1. The molecule has 0 aliphatic carbocycles. The lowest BCUT2D eigenvalue weighted by Gasteiger charge is -2.17. The highest BCUT2D eigenvalue weighted by Gasteiger charge is 2.14. The molecule has 1 heterocycles. The van der Waals surface area contributed by atoms with Crippen LogP contribution in [0.15, 0.2) is 12.3 Å². The predicted molar refractivity (Wildman–Crippen MR) is 73.5 cm³/mol. The maximum atomic E-state index is 11.8. The molecule has 1 atom stereocenters. The van der Waals surface area contributed by atoms with Gasteiger partial charge in [0.25, 0.3) is 0 Å². The van der Waals surface area contributed by atoms with Crippen LogP contribution >= 0.6 is 0 Å². The van der Waals surface area contributed by atoms with Gasteiger partial charge in [-0.3, -0.25) is 9.78 Å². The van der Waals surface area contributed by atoms with E-state index in [9.17, 15) is 4.79 Å². The zero-order valence-electron chi connectivity index (χ0n) is 11.8. The molecular weight excluding hydrogens is 246 g/mol. The molecule has 1 aromatic rings. The lowest BCUT2D eigenvalue weighted by molar-refractivity contribution is -0.121. The van der Waals surface area contributed by atoms with Gasteiger partial charge in [0.2, 0.25) is 5.91 Å². The fraction of sp³-hybridized carbons (Fsp3) is 0.538. The van der Waals surface area contributed by atoms with Gasteiger partial charge in [-0.25, -0.2) is 0 Å². The summed E-state index contributed by atoms with van der Waals surface area (Å²) in [6, 6.07) is 1.48. The highest BCUT2D eigenvalue weighted by molar-refractivity contribution is 5.84. The van der Waals surface area contributed by atoms with E-state index in [-0.39, 0.29) is 11.9 Å². The molecule has 0 saturated heterocycles. The van der Waals surface area contributed by atoms with Gasteiger partial charge in [0.15, 0.2) is 5.75 Å². The third-order valence-electron chi connectivity index (χ3n) is 2.59. The molecule has 1 unspecified atom stereocenters. The summed E-state index contributed by atoms with van der Waals surface area (Å²) in [7, 11) is 3.17. The molecule has 0 aromatic carbocycles.